The summed E-state index contributed by atoms with van der Waals surface area (Å²) in [5.74, 6) is 0.581. The highest BCUT2D eigenvalue weighted by molar-refractivity contribution is 5.99. The highest BCUT2D eigenvalue weighted by atomic mass is 16.1. The first-order valence-electron chi connectivity index (χ1n) is 8.50. The minimum absolute atomic E-state index is 0.329. The summed E-state index contributed by atoms with van der Waals surface area (Å²) in [7, 11) is 0. The number of hydrogen-bond donors (Lipinski definition) is 3. The SMILES string of the molecule is NC(=O)c1ccccc1-c1ccc(-c2cnc(C3CCCN3)[nH]2)cc1. The van der Waals surface area contributed by atoms with E-state index in [1.54, 1.807) is 6.07 Å². The number of carbonyl (C=O) groups excluding carboxylic acids is 1. The van der Waals surface area contributed by atoms with Crippen LogP contribution in [0.3, 0.4) is 0 Å². The highest BCUT2D eigenvalue weighted by Gasteiger charge is 2.19. The van der Waals surface area contributed by atoms with Crippen molar-refractivity contribution in [2.45, 2.75) is 18.9 Å². The van der Waals surface area contributed by atoms with Gasteiger partial charge in [0.2, 0.25) is 5.91 Å². The van der Waals surface area contributed by atoms with Gasteiger partial charge >= 0.3 is 0 Å². The van der Waals surface area contributed by atoms with Gasteiger partial charge < -0.3 is 16.0 Å². The summed E-state index contributed by atoms with van der Waals surface area (Å²) in [6, 6.07) is 15.8. The molecular weight excluding hydrogens is 312 g/mol. The molecule has 4 rings (SSSR count). The first-order valence-corrected chi connectivity index (χ1v) is 8.50. The van der Waals surface area contributed by atoms with E-state index in [0.717, 1.165) is 41.2 Å². The maximum Gasteiger partial charge on any atom is 0.249 e. The van der Waals surface area contributed by atoms with Gasteiger partial charge in [0.15, 0.2) is 0 Å². The molecule has 25 heavy (non-hydrogen) atoms. The van der Waals surface area contributed by atoms with Crippen LogP contribution in [0.2, 0.25) is 0 Å². The molecule has 1 aliphatic rings. The number of aromatic nitrogens is 2. The minimum atomic E-state index is -0.415. The van der Waals surface area contributed by atoms with E-state index in [-0.39, 0.29) is 0 Å². The molecule has 5 nitrogen and oxygen atoms in total. The van der Waals surface area contributed by atoms with E-state index in [1.807, 2.05) is 48.7 Å². The average molecular weight is 332 g/mol. The summed E-state index contributed by atoms with van der Waals surface area (Å²) < 4.78 is 0. The topological polar surface area (TPSA) is 83.8 Å². The van der Waals surface area contributed by atoms with Crippen molar-refractivity contribution in [1.82, 2.24) is 15.3 Å². The zero-order valence-corrected chi connectivity index (χ0v) is 13.8. The fourth-order valence-corrected chi connectivity index (χ4v) is 3.36. The van der Waals surface area contributed by atoms with E-state index < -0.39 is 5.91 Å². The van der Waals surface area contributed by atoms with Gasteiger partial charge in [0.05, 0.1) is 17.9 Å². The molecule has 0 spiro atoms. The van der Waals surface area contributed by atoms with Gasteiger partial charge in [-0.05, 0) is 42.1 Å². The molecule has 1 fully saturated rings. The first-order chi connectivity index (χ1) is 12.2. The molecular formula is C20H20N4O. The monoisotopic (exact) mass is 332 g/mol. The molecule has 1 amide bonds. The Morgan fingerprint density at radius 1 is 1.08 bits per heavy atom. The summed E-state index contributed by atoms with van der Waals surface area (Å²) in [4.78, 5) is 19.5. The summed E-state index contributed by atoms with van der Waals surface area (Å²) in [5, 5.41) is 3.45. The Hall–Kier alpha value is -2.92. The lowest BCUT2D eigenvalue weighted by Gasteiger charge is -2.08. The molecule has 1 aliphatic heterocycles. The number of nitrogens with two attached hydrogens (primary N) is 1. The van der Waals surface area contributed by atoms with E-state index in [1.165, 1.54) is 6.42 Å². The summed E-state index contributed by atoms with van der Waals surface area (Å²) in [6.45, 7) is 1.05. The van der Waals surface area contributed by atoms with E-state index in [9.17, 15) is 4.79 Å². The van der Waals surface area contributed by atoms with E-state index in [0.29, 0.717) is 11.6 Å². The zero-order valence-electron chi connectivity index (χ0n) is 13.8. The van der Waals surface area contributed by atoms with Crippen LogP contribution in [0.4, 0.5) is 0 Å². The number of nitrogens with one attached hydrogen (secondary N) is 2. The van der Waals surface area contributed by atoms with Crippen molar-refractivity contribution in [2.24, 2.45) is 5.73 Å². The molecule has 4 N–H and O–H groups in total. The smallest absolute Gasteiger partial charge is 0.249 e. The minimum Gasteiger partial charge on any atom is -0.366 e. The molecule has 0 saturated carbocycles. The molecule has 0 radical (unpaired) electrons. The second kappa shape index (κ2) is 6.53. The summed E-state index contributed by atoms with van der Waals surface area (Å²) in [6.07, 6.45) is 4.19. The van der Waals surface area contributed by atoms with E-state index >= 15 is 0 Å². The van der Waals surface area contributed by atoms with Crippen LogP contribution in [-0.2, 0) is 0 Å². The molecule has 3 aromatic rings. The average Bonchev–Trinajstić information content (AvgIpc) is 3.33. The fourth-order valence-electron chi connectivity index (χ4n) is 3.36. The van der Waals surface area contributed by atoms with Crippen LogP contribution >= 0.6 is 0 Å². The van der Waals surface area contributed by atoms with Crippen LogP contribution in [0.15, 0.2) is 54.7 Å². The van der Waals surface area contributed by atoms with Crippen molar-refractivity contribution >= 4 is 5.91 Å². The third-order valence-electron chi connectivity index (χ3n) is 4.69. The van der Waals surface area contributed by atoms with Crippen molar-refractivity contribution in [3.05, 3.63) is 66.1 Å². The summed E-state index contributed by atoms with van der Waals surface area (Å²) >= 11 is 0. The number of rotatable bonds is 4. The van der Waals surface area contributed by atoms with Crippen molar-refractivity contribution in [2.75, 3.05) is 6.54 Å². The van der Waals surface area contributed by atoms with Gasteiger partial charge in [-0.1, -0.05) is 42.5 Å². The fraction of sp³-hybridized carbons (Fsp3) is 0.200. The molecule has 1 unspecified atom stereocenters. The van der Waals surface area contributed by atoms with Gasteiger partial charge in [-0.3, -0.25) is 4.79 Å². The van der Waals surface area contributed by atoms with Gasteiger partial charge in [0.1, 0.15) is 5.82 Å². The highest BCUT2D eigenvalue weighted by Crippen LogP contribution is 2.28. The Morgan fingerprint density at radius 2 is 1.84 bits per heavy atom. The lowest BCUT2D eigenvalue weighted by Crippen LogP contribution is -2.14. The standard InChI is InChI=1S/C20H20N4O/c21-19(25)16-5-2-1-4-15(16)13-7-9-14(10-8-13)18-12-23-20(24-18)17-6-3-11-22-17/h1-2,4-5,7-10,12,17,22H,3,6,11H2,(H2,21,25)(H,23,24). The van der Waals surface area contributed by atoms with Gasteiger partial charge in [-0.2, -0.15) is 0 Å². The Balaban J connectivity index is 1.61. The van der Waals surface area contributed by atoms with E-state index in [2.05, 4.69) is 15.3 Å². The largest absolute Gasteiger partial charge is 0.366 e. The van der Waals surface area contributed by atoms with Crippen LogP contribution in [0.5, 0.6) is 0 Å². The first kappa shape index (κ1) is 15.6. The third kappa shape index (κ3) is 3.06. The number of benzene rings is 2. The Labute approximate surface area is 146 Å². The van der Waals surface area contributed by atoms with Gasteiger partial charge in [0.25, 0.3) is 0 Å². The van der Waals surface area contributed by atoms with Crippen molar-refractivity contribution in [3.8, 4) is 22.4 Å². The Bertz CT molecular complexity index is 892. The number of aromatic amines is 1. The zero-order chi connectivity index (χ0) is 17.2. The van der Waals surface area contributed by atoms with E-state index in [4.69, 9.17) is 5.73 Å². The maximum atomic E-state index is 11.6. The molecule has 0 bridgehead atoms. The number of hydrogen-bond acceptors (Lipinski definition) is 3. The maximum absolute atomic E-state index is 11.6. The van der Waals surface area contributed by atoms with Crippen molar-refractivity contribution < 1.29 is 4.79 Å². The molecule has 0 aliphatic carbocycles. The normalized spacial score (nSPS) is 16.9. The number of nitrogens with zero attached hydrogens (tertiary/aromatic N) is 1. The Morgan fingerprint density at radius 3 is 2.56 bits per heavy atom. The number of primary amides is 1. The van der Waals surface area contributed by atoms with Crippen LogP contribution in [0.25, 0.3) is 22.4 Å². The number of H-pyrrole nitrogens is 1. The predicted octanol–water partition coefficient (Wildman–Crippen LogP) is 3.27. The molecule has 126 valence electrons. The van der Waals surface area contributed by atoms with Crippen LogP contribution < -0.4 is 11.1 Å². The second-order valence-corrected chi connectivity index (χ2v) is 6.32. The predicted molar refractivity (Wildman–Crippen MR) is 98.0 cm³/mol. The van der Waals surface area contributed by atoms with Crippen LogP contribution in [0.1, 0.15) is 35.1 Å². The molecule has 1 aromatic heterocycles. The van der Waals surface area contributed by atoms with Crippen LogP contribution in [0, 0.1) is 0 Å². The lowest BCUT2D eigenvalue weighted by molar-refractivity contribution is 0.100. The summed E-state index contributed by atoms with van der Waals surface area (Å²) in [5.41, 5.74) is 9.89. The van der Waals surface area contributed by atoms with Crippen molar-refractivity contribution in [3.63, 3.8) is 0 Å². The van der Waals surface area contributed by atoms with Gasteiger partial charge in [0, 0.05) is 5.56 Å². The number of imidazole rings is 1. The second-order valence-electron chi connectivity index (χ2n) is 6.32. The molecule has 1 saturated heterocycles. The molecule has 1 atom stereocenters. The molecule has 2 aromatic carbocycles. The Kier molecular flexibility index (Phi) is 4.07. The third-order valence-corrected chi connectivity index (χ3v) is 4.69. The number of amides is 1. The molecule has 2 heterocycles. The van der Waals surface area contributed by atoms with Crippen molar-refractivity contribution in [1.29, 1.82) is 0 Å². The lowest BCUT2D eigenvalue weighted by atomic mass is 9.98. The van der Waals surface area contributed by atoms with Gasteiger partial charge in [-0.25, -0.2) is 4.98 Å². The van der Waals surface area contributed by atoms with Gasteiger partial charge in [-0.15, -0.1) is 0 Å². The molecule has 5 heteroatoms. The van der Waals surface area contributed by atoms with Crippen LogP contribution in [-0.4, -0.2) is 22.4 Å². The quantitative estimate of drug-likeness (QED) is 0.685. The number of carbonyl (C=O) groups is 1.